The van der Waals surface area contributed by atoms with Gasteiger partial charge in [-0.2, -0.15) is 4.98 Å². The molecule has 5 heteroatoms. The van der Waals surface area contributed by atoms with Crippen LogP contribution in [0.2, 0.25) is 0 Å². The number of hydrogen-bond acceptors (Lipinski definition) is 5. The van der Waals surface area contributed by atoms with Crippen molar-refractivity contribution >= 4 is 5.69 Å². The van der Waals surface area contributed by atoms with Gasteiger partial charge in [0.2, 0.25) is 5.82 Å². The average molecular weight is 280 g/mol. The van der Waals surface area contributed by atoms with E-state index in [2.05, 4.69) is 22.0 Å². The molecule has 0 atom stereocenters. The Morgan fingerprint density at radius 1 is 1.24 bits per heavy atom. The van der Waals surface area contributed by atoms with Crippen LogP contribution in [-0.2, 0) is 6.42 Å². The summed E-state index contributed by atoms with van der Waals surface area (Å²) < 4.78 is 5.36. The molecule has 0 saturated heterocycles. The third kappa shape index (κ3) is 2.50. The smallest absolute Gasteiger partial charge is 0.258 e. The summed E-state index contributed by atoms with van der Waals surface area (Å²) >= 11 is 0. The van der Waals surface area contributed by atoms with Crippen molar-refractivity contribution < 1.29 is 4.52 Å². The zero-order chi connectivity index (χ0) is 14.8. The van der Waals surface area contributed by atoms with Crippen LogP contribution in [0.25, 0.3) is 23.0 Å². The number of nitrogen functional groups attached to an aromatic ring is 1. The molecule has 3 rings (SSSR count). The maximum Gasteiger partial charge on any atom is 0.258 e. The van der Waals surface area contributed by atoms with Crippen molar-refractivity contribution in [2.75, 3.05) is 5.73 Å². The van der Waals surface area contributed by atoms with Crippen LogP contribution in [-0.4, -0.2) is 15.1 Å². The van der Waals surface area contributed by atoms with Crippen LogP contribution < -0.4 is 5.73 Å². The van der Waals surface area contributed by atoms with E-state index >= 15 is 0 Å². The van der Waals surface area contributed by atoms with Crippen LogP contribution in [0, 0.1) is 6.92 Å². The van der Waals surface area contributed by atoms with Crippen LogP contribution in [0.5, 0.6) is 0 Å². The minimum Gasteiger partial charge on any atom is -0.399 e. The molecule has 0 unspecified atom stereocenters. The van der Waals surface area contributed by atoms with Crippen LogP contribution in [0.3, 0.4) is 0 Å². The number of nitrogens with two attached hydrogens (primary N) is 1. The van der Waals surface area contributed by atoms with E-state index in [1.807, 2.05) is 37.3 Å². The zero-order valence-electron chi connectivity index (χ0n) is 12.0. The molecule has 0 bridgehead atoms. The van der Waals surface area contributed by atoms with Gasteiger partial charge in [0.1, 0.15) is 5.69 Å². The molecule has 1 aromatic carbocycles. The SMILES string of the molecule is CCc1cccnc1-c1noc(-c2ccc(N)c(C)c2)n1. The van der Waals surface area contributed by atoms with Gasteiger partial charge >= 0.3 is 0 Å². The van der Waals surface area contributed by atoms with Crippen molar-refractivity contribution in [1.82, 2.24) is 15.1 Å². The van der Waals surface area contributed by atoms with Gasteiger partial charge < -0.3 is 10.3 Å². The Kier molecular flexibility index (Phi) is 3.39. The van der Waals surface area contributed by atoms with Gasteiger partial charge in [-0.15, -0.1) is 0 Å². The van der Waals surface area contributed by atoms with E-state index in [0.717, 1.165) is 34.5 Å². The van der Waals surface area contributed by atoms with Crippen LogP contribution in [0.4, 0.5) is 5.69 Å². The highest BCUT2D eigenvalue weighted by molar-refractivity contribution is 5.63. The van der Waals surface area contributed by atoms with Crippen molar-refractivity contribution in [2.24, 2.45) is 0 Å². The first kappa shape index (κ1) is 13.3. The van der Waals surface area contributed by atoms with E-state index < -0.39 is 0 Å². The van der Waals surface area contributed by atoms with Crippen LogP contribution in [0.15, 0.2) is 41.1 Å². The second-order valence-electron chi connectivity index (χ2n) is 4.86. The zero-order valence-corrected chi connectivity index (χ0v) is 12.0. The predicted octanol–water partition coefficient (Wildman–Crippen LogP) is 3.25. The molecule has 2 aromatic heterocycles. The number of benzene rings is 1. The quantitative estimate of drug-likeness (QED) is 0.745. The van der Waals surface area contributed by atoms with E-state index in [0.29, 0.717) is 11.7 Å². The Morgan fingerprint density at radius 3 is 2.86 bits per heavy atom. The largest absolute Gasteiger partial charge is 0.399 e. The third-order valence-corrected chi connectivity index (χ3v) is 3.43. The van der Waals surface area contributed by atoms with Crippen molar-refractivity contribution in [3.05, 3.63) is 47.7 Å². The van der Waals surface area contributed by atoms with Gasteiger partial charge in [0.25, 0.3) is 5.89 Å². The molecular formula is C16H16N4O. The molecule has 0 saturated carbocycles. The van der Waals surface area contributed by atoms with Crippen LogP contribution >= 0.6 is 0 Å². The molecule has 0 aliphatic rings. The molecule has 3 aromatic rings. The number of hydrogen-bond donors (Lipinski definition) is 1. The van der Waals surface area contributed by atoms with Gasteiger partial charge in [-0.1, -0.05) is 18.1 Å². The molecule has 2 heterocycles. The lowest BCUT2D eigenvalue weighted by Crippen LogP contribution is -1.93. The highest BCUT2D eigenvalue weighted by Gasteiger charge is 2.14. The molecule has 106 valence electrons. The molecule has 0 spiro atoms. The van der Waals surface area contributed by atoms with Crippen molar-refractivity contribution in [3.8, 4) is 23.0 Å². The molecule has 0 fully saturated rings. The number of aromatic nitrogens is 3. The first-order valence-electron chi connectivity index (χ1n) is 6.83. The first-order chi connectivity index (χ1) is 10.2. The highest BCUT2D eigenvalue weighted by Crippen LogP contribution is 2.25. The number of aryl methyl sites for hydroxylation is 2. The van der Waals surface area contributed by atoms with Gasteiger partial charge in [0.05, 0.1) is 0 Å². The average Bonchev–Trinajstić information content (AvgIpc) is 2.99. The minimum atomic E-state index is 0.473. The number of rotatable bonds is 3. The predicted molar refractivity (Wildman–Crippen MR) is 81.5 cm³/mol. The Morgan fingerprint density at radius 2 is 2.10 bits per heavy atom. The fourth-order valence-corrected chi connectivity index (χ4v) is 2.17. The summed E-state index contributed by atoms with van der Waals surface area (Å²) in [7, 11) is 0. The molecule has 0 aliphatic carbocycles. The van der Waals surface area contributed by atoms with Crippen molar-refractivity contribution in [1.29, 1.82) is 0 Å². The Bertz CT molecular complexity index is 779. The summed E-state index contributed by atoms with van der Waals surface area (Å²) in [5, 5.41) is 4.04. The second kappa shape index (κ2) is 5.36. The lowest BCUT2D eigenvalue weighted by Gasteiger charge is -2.01. The van der Waals surface area contributed by atoms with E-state index in [4.69, 9.17) is 10.3 Å². The topological polar surface area (TPSA) is 77.8 Å². The third-order valence-electron chi connectivity index (χ3n) is 3.43. The van der Waals surface area contributed by atoms with Crippen molar-refractivity contribution in [3.63, 3.8) is 0 Å². The number of anilines is 1. The molecule has 0 radical (unpaired) electrons. The lowest BCUT2D eigenvalue weighted by molar-refractivity contribution is 0.432. The van der Waals surface area contributed by atoms with E-state index in [1.54, 1.807) is 6.20 Å². The fourth-order valence-electron chi connectivity index (χ4n) is 2.17. The summed E-state index contributed by atoms with van der Waals surface area (Å²) in [6.07, 6.45) is 2.60. The second-order valence-corrected chi connectivity index (χ2v) is 4.86. The maximum atomic E-state index is 5.82. The molecule has 21 heavy (non-hydrogen) atoms. The van der Waals surface area contributed by atoms with Crippen LogP contribution in [0.1, 0.15) is 18.1 Å². The van der Waals surface area contributed by atoms with Gasteiger partial charge in [-0.05, 0) is 48.7 Å². The lowest BCUT2D eigenvalue weighted by atomic mass is 10.1. The van der Waals surface area contributed by atoms with E-state index in [-0.39, 0.29) is 0 Å². The number of nitrogens with zero attached hydrogens (tertiary/aromatic N) is 3. The Balaban J connectivity index is 2.01. The molecule has 0 aliphatic heterocycles. The summed E-state index contributed by atoms with van der Waals surface area (Å²) in [6, 6.07) is 9.58. The number of pyridine rings is 1. The fraction of sp³-hybridized carbons (Fsp3) is 0.188. The standard InChI is InChI=1S/C16H16N4O/c1-3-11-5-4-8-18-14(11)15-19-16(21-20-15)12-6-7-13(17)10(2)9-12/h4-9H,3,17H2,1-2H3. The monoisotopic (exact) mass is 280 g/mol. The van der Waals surface area contributed by atoms with E-state index in [9.17, 15) is 0 Å². The minimum absolute atomic E-state index is 0.473. The van der Waals surface area contributed by atoms with Gasteiger partial charge in [0.15, 0.2) is 0 Å². The summed E-state index contributed by atoms with van der Waals surface area (Å²) in [4.78, 5) is 8.80. The normalized spacial score (nSPS) is 10.8. The first-order valence-corrected chi connectivity index (χ1v) is 6.83. The molecule has 5 nitrogen and oxygen atoms in total. The van der Waals surface area contributed by atoms with Gasteiger partial charge in [-0.25, -0.2) is 0 Å². The van der Waals surface area contributed by atoms with Gasteiger partial charge in [-0.3, -0.25) is 4.98 Å². The summed E-state index contributed by atoms with van der Waals surface area (Å²) in [5.41, 5.74) is 10.3. The van der Waals surface area contributed by atoms with Crippen molar-refractivity contribution in [2.45, 2.75) is 20.3 Å². The summed E-state index contributed by atoms with van der Waals surface area (Å²) in [6.45, 7) is 4.02. The molecular weight excluding hydrogens is 264 g/mol. The molecule has 0 amide bonds. The van der Waals surface area contributed by atoms with E-state index in [1.165, 1.54) is 0 Å². The van der Waals surface area contributed by atoms with Gasteiger partial charge in [0, 0.05) is 17.4 Å². The molecule has 2 N–H and O–H groups in total. The maximum absolute atomic E-state index is 5.82. The Labute approximate surface area is 122 Å². The summed E-state index contributed by atoms with van der Waals surface area (Å²) in [5.74, 6) is 0.984. The Hall–Kier alpha value is -2.69. The highest BCUT2D eigenvalue weighted by atomic mass is 16.5.